The fourth-order valence-corrected chi connectivity index (χ4v) is 1.81. The van der Waals surface area contributed by atoms with Crippen LogP contribution in [0.3, 0.4) is 0 Å². The van der Waals surface area contributed by atoms with Crippen LogP contribution < -0.4 is 5.32 Å². The molecule has 0 bridgehead atoms. The van der Waals surface area contributed by atoms with Gasteiger partial charge in [-0.1, -0.05) is 0 Å². The van der Waals surface area contributed by atoms with Gasteiger partial charge >= 0.3 is 0 Å². The summed E-state index contributed by atoms with van der Waals surface area (Å²) in [4.78, 5) is 11.5. The Kier molecular flexibility index (Phi) is 4.80. The van der Waals surface area contributed by atoms with Crippen molar-refractivity contribution in [3.63, 3.8) is 0 Å². The van der Waals surface area contributed by atoms with Crippen molar-refractivity contribution in [1.29, 1.82) is 0 Å². The molecule has 16 heavy (non-hydrogen) atoms. The summed E-state index contributed by atoms with van der Waals surface area (Å²) < 4.78 is 10.5. The quantitative estimate of drug-likeness (QED) is 0.586. The number of hydrogen-bond donors (Lipinski definition) is 1. The topological polar surface area (TPSA) is 47.6 Å². The lowest BCUT2D eigenvalue weighted by Gasteiger charge is -2.35. The van der Waals surface area contributed by atoms with Crippen molar-refractivity contribution < 1.29 is 14.3 Å². The third kappa shape index (κ3) is 4.66. The highest BCUT2D eigenvalue weighted by Crippen LogP contribution is 2.23. The highest BCUT2D eigenvalue weighted by atomic mass is 16.5. The molecular weight excluding hydrogens is 206 g/mol. The molecule has 0 spiro atoms. The van der Waals surface area contributed by atoms with Crippen molar-refractivity contribution in [3.8, 4) is 0 Å². The zero-order chi connectivity index (χ0) is 12.0. The lowest BCUT2D eigenvalue weighted by molar-refractivity contribution is -0.119. The Morgan fingerprint density at radius 1 is 1.62 bits per heavy atom. The Morgan fingerprint density at radius 2 is 2.38 bits per heavy atom. The first kappa shape index (κ1) is 13.0. The molecule has 0 aliphatic carbocycles. The van der Waals surface area contributed by atoms with Gasteiger partial charge in [0, 0.05) is 18.7 Å². The summed E-state index contributed by atoms with van der Waals surface area (Å²) in [5, 5.41) is 2.95. The fraction of sp³-hybridized carbons (Fsp3) is 0.750. The molecular formula is C12H21NO3. The average molecular weight is 227 g/mol. The zero-order valence-corrected chi connectivity index (χ0v) is 10.3. The van der Waals surface area contributed by atoms with Crippen LogP contribution in [0, 0.1) is 0 Å². The van der Waals surface area contributed by atoms with Crippen LogP contribution in [0.5, 0.6) is 0 Å². The summed E-state index contributed by atoms with van der Waals surface area (Å²) in [6.07, 6.45) is 4.57. The number of ether oxygens (including phenoxy) is 2. The maximum absolute atomic E-state index is 11.5. The van der Waals surface area contributed by atoms with Gasteiger partial charge in [0.2, 0.25) is 5.91 Å². The van der Waals surface area contributed by atoms with Crippen molar-refractivity contribution >= 4 is 5.91 Å². The van der Waals surface area contributed by atoms with Crippen molar-refractivity contribution in [2.24, 2.45) is 0 Å². The maximum atomic E-state index is 11.5. The van der Waals surface area contributed by atoms with Crippen LogP contribution in [0.1, 0.15) is 33.6 Å². The summed E-state index contributed by atoms with van der Waals surface area (Å²) in [7, 11) is 0. The van der Waals surface area contributed by atoms with E-state index in [1.807, 2.05) is 20.8 Å². The summed E-state index contributed by atoms with van der Waals surface area (Å²) in [6, 6.07) is 0.197. The Labute approximate surface area is 97.0 Å². The average Bonchev–Trinajstić information content (AvgIpc) is 2.16. The number of rotatable bonds is 4. The van der Waals surface area contributed by atoms with Gasteiger partial charge in [-0.05, 0) is 33.6 Å². The normalized spacial score (nSPS) is 24.3. The van der Waals surface area contributed by atoms with Gasteiger partial charge in [-0.15, -0.1) is 0 Å². The zero-order valence-electron chi connectivity index (χ0n) is 10.3. The lowest BCUT2D eigenvalue weighted by atomic mass is 9.94. The van der Waals surface area contributed by atoms with Gasteiger partial charge in [-0.2, -0.15) is 0 Å². The summed E-state index contributed by atoms with van der Waals surface area (Å²) in [5.74, 6) is -0.101. The van der Waals surface area contributed by atoms with E-state index in [1.54, 1.807) is 0 Å². The molecule has 1 heterocycles. The molecule has 1 atom stereocenters. The fourth-order valence-electron chi connectivity index (χ4n) is 1.81. The number of hydrogen-bond acceptors (Lipinski definition) is 3. The summed E-state index contributed by atoms with van der Waals surface area (Å²) >= 11 is 0. The molecule has 1 aliphatic heterocycles. The van der Waals surface area contributed by atoms with Gasteiger partial charge in [-0.25, -0.2) is 0 Å². The van der Waals surface area contributed by atoms with E-state index in [9.17, 15) is 4.79 Å². The van der Waals surface area contributed by atoms with E-state index in [2.05, 4.69) is 5.32 Å². The minimum Gasteiger partial charge on any atom is -0.501 e. The van der Waals surface area contributed by atoms with E-state index in [0.717, 1.165) is 12.8 Å². The molecule has 1 saturated heterocycles. The van der Waals surface area contributed by atoms with Gasteiger partial charge in [0.15, 0.2) is 0 Å². The van der Waals surface area contributed by atoms with E-state index in [1.165, 1.54) is 12.3 Å². The number of amides is 1. The monoisotopic (exact) mass is 227 g/mol. The Balaban J connectivity index is 2.33. The largest absolute Gasteiger partial charge is 0.501 e. The molecule has 92 valence electrons. The predicted molar refractivity (Wildman–Crippen MR) is 62.0 cm³/mol. The van der Waals surface area contributed by atoms with E-state index < -0.39 is 0 Å². The maximum Gasteiger partial charge on any atom is 0.247 e. The van der Waals surface area contributed by atoms with Gasteiger partial charge in [0.05, 0.1) is 18.5 Å². The first-order valence-electron chi connectivity index (χ1n) is 5.76. The first-order chi connectivity index (χ1) is 7.53. The Bertz CT molecular complexity index is 261. The molecule has 0 aromatic carbocycles. The van der Waals surface area contributed by atoms with Gasteiger partial charge in [0.25, 0.3) is 0 Å². The summed E-state index contributed by atoms with van der Waals surface area (Å²) in [5.41, 5.74) is -0.139. The minimum absolute atomic E-state index is 0.101. The molecule has 0 saturated carbocycles. The Hall–Kier alpha value is -1.03. The second-order valence-corrected chi connectivity index (χ2v) is 4.56. The van der Waals surface area contributed by atoms with Crippen molar-refractivity contribution in [3.05, 3.63) is 12.3 Å². The molecule has 1 amide bonds. The molecule has 1 rings (SSSR count). The molecule has 1 aliphatic rings. The SMILES string of the molecule is CCO/C=C/C(=O)NC1CCOC(C)(C)C1. The van der Waals surface area contributed by atoms with Crippen molar-refractivity contribution in [1.82, 2.24) is 5.32 Å². The molecule has 4 nitrogen and oxygen atoms in total. The molecule has 0 aromatic heterocycles. The number of carbonyl (C=O) groups excluding carboxylic acids is 1. The smallest absolute Gasteiger partial charge is 0.247 e. The molecule has 4 heteroatoms. The van der Waals surface area contributed by atoms with Crippen LogP contribution in [0.4, 0.5) is 0 Å². The number of carbonyl (C=O) groups is 1. The van der Waals surface area contributed by atoms with Crippen LogP contribution in [0.25, 0.3) is 0 Å². The number of nitrogens with one attached hydrogen (secondary N) is 1. The van der Waals surface area contributed by atoms with Gasteiger partial charge < -0.3 is 14.8 Å². The van der Waals surface area contributed by atoms with E-state index in [4.69, 9.17) is 9.47 Å². The van der Waals surface area contributed by atoms with E-state index in [-0.39, 0.29) is 17.6 Å². The highest BCUT2D eigenvalue weighted by Gasteiger charge is 2.29. The molecule has 1 fully saturated rings. The third-order valence-electron chi connectivity index (χ3n) is 2.53. The van der Waals surface area contributed by atoms with E-state index >= 15 is 0 Å². The highest BCUT2D eigenvalue weighted by molar-refractivity contribution is 5.87. The molecule has 1 N–H and O–H groups in total. The van der Waals surface area contributed by atoms with Crippen LogP contribution in [-0.4, -0.2) is 30.8 Å². The lowest BCUT2D eigenvalue weighted by Crippen LogP contribution is -2.45. The molecule has 0 aromatic rings. The Morgan fingerprint density at radius 3 is 3.00 bits per heavy atom. The second-order valence-electron chi connectivity index (χ2n) is 4.56. The van der Waals surface area contributed by atoms with E-state index in [0.29, 0.717) is 13.2 Å². The van der Waals surface area contributed by atoms with Crippen LogP contribution in [-0.2, 0) is 14.3 Å². The van der Waals surface area contributed by atoms with Crippen LogP contribution in [0.2, 0.25) is 0 Å². The molecule has 1 unspecified atom stereocenters. The third-order valence-corrected chi connectivity index (χ3v) is 2.53. The van der Waals surface area contributed by atoms with Gasteiger partial charge in [-0.3, -0.25) is 4.79 Å². The van der Waals surface area contributed by atoms with Crippen LogP contribution >= 0.6 is 0 Å². The van der Waals surface area contributed by atoms with Gasteiger partial charge in [0.1, 0.15) is 0 Å². The standard InChI is InChI=1S/C12H21NO3/c1-4-15-7-6-11(14)13-10-5-8-16-12(2,3)9-10/h6-7,10H,4-5,8-9H2,1-3H3,(H,13,14)/b7-6+. The predicted octanol–water partition coefficient (Wildman–Crippen LogP) is 1.61. The molecule has 0 radical (unpaired) electrons. The van der Waals surface area contributed by atoms with Crippen LogP contribution in [0.15, 0.2) is 12.3 Å². The minimum atomic E-state index is -0.139. The van der Waals surface area contributed by atoms with Crippen molar-refractivity contribution in [2.45, 2.75) is 45.3 Å². The summed E-state index contributed by atoms with van der Waals surface area (Å²) in [6.45, 7) is 7.24. The van der Waals surface area contributed by atoms with Crippen molar-refractivity contribution in [2.75, 3.05) is 13.2 Å². The first-order valence-corrected chi connectivity index (χ1v) is 5.76. The second kappa shape index (κ2) is 5.89.